The van der Waals surface area contributed by atoms with Crippen LogP contribution in [-0.4, -0.2) is 62.8 Å². The minimum absolute atomic E-state index is 0.0214. The predicted molar refractivity (Wildman–Crippen MR) is 118 cm³/mol. The van der Waals surface area contributed by atoms with Gasteiger partial charge in [-0.2, -0.15) is 18.3 Å². The molecule has 3 N–H and O–H groups in total. The van der Waals surface area contributed by atoms with Crippen molar-refractivity contribution in [3.05, 3.63) is 47.3 Å². The number of benzene rings is 1. The molecule has 8 nitrogen and oxygen atoms in total. The number of nitrogen functional groups attached to an aromatic ring is 1. The first-order chi connectivity index (χ1) is 17.9. The van der Waals surface area contributed by atoms with Gasteiger partial charge in [0.05, 0.1) is 23.8 Å². The number of carbonyl (C=O) groups excluding carboxylic acids is 2. The van der Waals surface area contributed by atoms with Gasteiger partial charge in [-0.25, -0.2) is 27.1 Å². The summed E-state index contributed by atoms with van der Waals surface area (Å²) in [5.41, 5.74) is 1.40. The lowest BCUT2D eigenvalue weighted by Gasteiger charge is -2.31. The van der Waals surface area contributed by atoms with Crippen molar-refractivity contribution >= 4 is 23.1 Å². The quantitative estimate of drug-likeness (QED) is 0.491. The van der Waals surface area contributed by atoms with Gasteiger partial charge in [0.1, 0.15) is 41.4 Å². The summed E-state index contributed by atoms with van der Waals surface area (Å²) in [4.78, 5) is 29.9. The van der Waals surface area contributed by atoms with Crippen molar-refractivity contribution in [3.8, 4) is 11.3 Å². The molecule has 0 bridgehead atoms. The van der Waals surface area contributed by atoms with Gasteiger partial charge in [0.25, 0.3) is 5.91 Å². The highest BCUT2D eigenvalue weighted by Crippen LogP contribution is 2.39. The summed E-state index contributed by atoms with van der Waals surface area (Å²) in [6.07, 6.45) is -6.91. The van der Waals surface area contributed by atoms with Gasteiger partial charge in [0, 0.05) is 18.0 Å². The first-order valence-corrected chi connectivity index (χ1v) is 11.4. The molecule has 1 saturated carbocycles. The number of anilines is 1. The van der Waals surface area contributed by atoms with Crippen LogP contribution < -0.4 is 11.1 Å². The summed E-state index contributed by atoms with van der Waals surface area (Å²) in [5, 5.41) is 5.85. The smallest absolute Gasteiger partial charge is 0.382 e. The Morgan fingerprint density at radius 1 is 1.11 bits per heavy atom. The third-order valence-corrected chi connectivity index (χ3v) is 6.79. The number of carbonyl (C=O) groups is 2. The Labute approximate surface area is 209 Å². The summed E-state index contributed by atoms with van der Waals surface area (Å²) in [6, 6.07) is 0.727. The zero-order valence-corrected chi connectivity index (χ0v) is 19.3. The van der Waals surface area contributed by atoms with E-state index >= 15 is 4.39 Å². The van der Waals surface area contributed by atoms with Crippen LogP contribution in [0.4, 0.5) is 36.6 Å². The maximum Gasteiger partial charge on any atom is 0.418 e. The summed E-state index contributed by atoms with van der Waals surface area (Å²) < 4.78 is 99.3. The fourth-order valence-corrected chi connectivity index (χ4v) is 4.76. The summed E-state index contributed by atoms with van der Waals surface area (Å²) in [5.74, 6) is -5.84. The Bertz CT molecular complexity index is 1440. The van der Waals surface area contributed by atoms with Crippen LogP contribution in [-0.2, 0) is 11.0 Å². The highest BCUT2D eigenvalue weighted by molar-refractivity contribution is 5.96. The van der Waals surface area contributed by atoms with E-state index in [-0.39, 0.29) is 25.9 Å². The fraction of sp³-hybridized carbons (Fsp3) is 0.391. The van der Waals surface area contributed by atoms with E-state index < -0.39 is 87.6 Å². The second kappa shape index (κ2) is 9.13. The lowest BCUT2D eigenvalue weighted by molar-refractivity contribution is -0.139. The van der Waals surface area contributed by atoms with Crippen LogP contribution in [0.1, 0.15) is 28.8 Å². The molecule has 2 fully saturated rings. The second-order valence-electron chi connectivity index (χ2n) is 9.24. The average molecular weight is 544 g/mol. The standard InChI is InChI=1S/C23H19F7N6O2/c24-10-3-9(4-10)22(38)35-6-14(26)15(7-35)34-21(37)17-13(25)2-1-11(18(17)27)16-5-12(23(28,29)30)19-20(31)32-8-33-36(16)19/h1-2,5,8-10,14-15H,3-4,6-7H2,(H,34,37)(H2,31,32,33)/t9?,10?,14-,15+/m0/s1. The molecule has 2 aromatic heterocycles. The highest BCUT2D eigenvalue weighted by atomic mass is 19.4. The largest absolute Gasteiger partial charge is 0.418 e. The Morgan fingerprint density at radius 2 is 1.82 bits per heavy atom. The molecule has 3 heterocycles. The summed E-state index contributed by atoms with van der Waals surface area (Å²) in [7, 11) is 0. The molecule has 15 heteroatoms. The number of nitrogens with zero attached hydrogens (tertiary/aromatic N) is 4. The third-order valence-electron chi connectivity index (χ3n) is 6.79. The number of hydrogen-bond acceptors (Lipinski definition) is 5. The zero-order valence-electron chi connectivity index (χ0n) is 19.3. The Hall–Kier alpha value is -3.91. The second-order valence-corrected chi connectivity index (χ2v) is 9.24. The molecule has 0 radical (unpaired) electrons. The molecule has 0 unspecified atom stereocenters. The monoisotopic (exact) mass is 544 g/mol. The van der Waals surface area contributed by atoms with Crippen LogP contribution in [0.15, 0.2) is 24.5 Å². The molecule has 1 aliphatic carbocycles. The maximum atomic E-state index is 15.5. The average Bonchev–Trinajstić information content (AvgIpc) is 3.38. The molecule has 2 aliphatic rings. The van der Waals surface area contributed by atoms with Crippen molar-refractivity contribution in [1.82, 2.24) is 24.8 Å². The fourth-order valence-electron chi connectivity index (χ4n) is 4.76. The van der Waals surface area contributed by atoms with Crippen LogP contribution in [0, 0.1) is 17.6 Å². The van der Waals surface area contributed by atoms with E-state index in [0.717, 1.165) is 17.3 Å². The molecule has 0 spiro atoms. The predicted octanol–water partition coefficient (Wildman–Crippen LogP) is 3.30. The Morgan fingerprint density at radius 3 is 2.47 bits per heavy atom. The van der Waals surface area contributed by atoms with E-state index in [2.05, 4.69) is 15.4 Å². The van der Waals surface area contributed by atoms with Gasteiger partial charge in [-0.3, -0.25) is 9.59 Å². The normalized spacial score (nSPS) is 23.5. The zero-order chi connectivity index (χ0) is 27.5. The van der Waals surface area contributed by atoms with Crippen molar-refractivity contribution in [2.75, 3.05) is 18.8 Å². The van der Waals surface area contributed by atoms with E-state index in [9.17, 15) is 35.9 Å². The molecular weight excluding hydrogens is 525 g/mol. The van der Waals surface area contributed by atoms with Crippen LogP contribution in [0.25, 0.3) is 16.8 Å². The van der Waals surface area contributed by atoms with E-state index in [4.69, 9.17) is 5.73 Å². The number of alkyl halides is 5. The third kappa shape index (κ3) is 4.28. The molecule has 3 aromatic rings. The molecule has 1 saturated heterocycles. The molecule has 202 valence electrons. The van der Waals surface area contributed by atoms with Gasteiger partial charge < -0.3 is 16.0 Å². The Balaban J connectivity index is 1.45. The van der Waals surface area contributed by atoms with Gasteiger partial charge in [-0.15, -0.1) is 0 Å². The van der Waals surface area contributed by atoms with Crippen LogP contribution in [0.5, 0.6) is 0 Å². The lowest BCUT2D eigenvalue weighted by Crippen LogP contribution is -2.44. The molecule has 2 atom stereocenters. The number of aromatic nitrogens is 3. The SMILES string of the molecule is Nc1ncnn2c(-c3ccc(F)c(C(=O)N[C@@H]4CN(C(=O)C5CC(F)C5)C[C@@H]4F)c3F)cc(C(F)(F)F)c12. The van der Waals surface area contributed by atoms with Gasteiger partial charge in [0.15, 0.2) is 5.82 Å². The highest BCUT2D eigenvalue weighted by Gasteiger charge is 2.43. The minimum atomic E-state index is -4.93. The maximum absolute atomic E-state index is 15.5. The Kier molecular flexibility index (Phi) is 6.18. The first-order valence-electron chi connectivity index (χ1n) is 11.4. The van der Waals surface area contributed by atoms with Crippen LogP contribution in [0.2, 0.25) is 0 Å². The van der Waals surface area contributed by atoms with E-state index in [0.29, 0.717) is 16.6 Å². The lowest BCUT2D eigenvalue weighted by atomic mass is 9.82. The van der Waals surface area contributed by atoms with Crippen molar-refractivity contribution in [3.63, 3.8) is 0 Å². The first kappa shape index (κ1) is 25.7. The number of nitrogens with one attached hydrogen (secondary N) is 1. The van der Waals surface area contributed by atoms with Gasteiger partial charge in [0.2, 0.25) is 5.91 Å². The van der Waals surface area contributed by atoms with Crippen molar-refractivity contribution in [2.24, 2.45) is 5.92 Å². The molecule has 1 aliphatic heterocycles. The number of amides is 2. The van der Waals surface area contributed by atoms with E-state index in [1.165, 1.54) is 0 Å². The summed E-state index contributed by atoms with van der Waals surface area (Å²) in [6.45, 7) is -0.684. The number of likely N-dealkylation sites (tertiary alicyclic amines) is 1. The van der Waals surface area contributed by atoms with Gasteiger partial charge >= 0.3 is 6.18 Å². The number of halogens is 7. The summed E-state index contributed by atoms with van der Waals surface area (Å²) >= 11 is 0. The van der Waals surface area contributed by atoms with Gasteiger partial charge in [-0.05, 0) is 31.0 Å². The van der Waals surface area contributed by atoms with E-state index in [1.807, 2.05) is 0 Å². The molecule has 5 rings (SSSR count). The van der Waals surface area contributed by atoms with Gasteiger partial charge in [-0.1, -0.05) is 0 Å². The molecule has 1 aromatic carbocycles. The van der Waals surface area contributed by atoms with Crippen molar-refractivity contribution in [1.29, 1.82) is 0 Å². The van der Waals surface area contributed by atoms with Crippen LogP contribution in [0.3, 0.4) is 0 Å². The molecule has 2 amide bonds. The minimum Gasteiger partial charge on any atom is -0.382 e. The number of hydrogen-bond donors (Lipinski definition) is 2. The number of nitrogens with two attached hydrogens (primary N) is 1. The van der Waals surface area contributed by atoms with Crippen molar-refractivity contribution in [2.45, 2.75) is 37.4 Å². The van der Waals surface area contributed by atoms with E-state index in [1.54, 1.807) is 0 Å². The molecular formula is C23H19F7N6O2. The van der Waals surface area contributed by atoms with Crippen molar-refractivity contribution < 1.29 is 40.3 Å². The van der Waals surface area contributed by atoms with Crippen LogP contribution >= 0.6 is 0 Å². The molecule has 38 heavy (non-hydrogen) atoms. The number of fused-ring (bicyclic) bond motifs is 1. The topological polar surface area (TPSA) is 106 Å². The number of rotatable bonds is 4.